The molecular weight excluding hydrogens is 240 g/mol. The molecule has 7 heteroatoms. The first-order valence-corrected chi connectivity index (χ1v) is 5.75. The number of nitrogens with one attached hydrogen (secondary N) is 1. The zero-order valence-corrected chi connectivity index (χ0v) is 11.1. The smallest absolute Gasteiger partial charge is 0.332 e. The molecule has 0 heterocycles. The lowest BCUT2D eigenvalue weighted by atomic mass is 10.0. The van der Waals surface area contributed by atoms with Crippen LogP contribution in [0.15, 0.2) is 0 Å². The van der Waals surface area contributed by atoms with Gasteiger partial charge in [0.2, 0.25) is 5.91 Å². The third-order valence-corrected chi connectivity index (χ3v) is 2.31. The molecule has 2 atom stereocenters. The highest BCUT2D eigenvalue weighted by Gasteiger charge is 2.26. The van der Waals surface area contributed by atoms with Gasteiger partial charge in [0, 0.05) is 26.7 Å². The van der Waals surface area contributed by atoms with Crippen LogP contribution >= 0.6 is 0 Å². The monoisotopic (exact) mass is 262 g/mol. The van der Waals surface area contributed by atoms with E-state index in [1.54, 1.807) is 13.8 Å². The van der Waals surface area contributed by atoms with Gasteiger partial charge in [-0.3, -0.25) is 4.79 Å². The molecule has 0 aromatic carbocycles. The van der Waals surface area contributed by atoms with E-state index in [1.807, 2.05) is 0 Å². The average molecular weight is 262 g/mol. The number of nitrogens with two attached hydrogens (primary N) is 1. The van der Waals surface area contributed by atoms with E-state index in [0.717, 1.165) is 0 Å². The minimum absolute atomic E-state index is 0.0116. The number of ether oxygens (including phenoxy) is 2. The zero-order valence-electron chi connectivity index (χ0n) is 11.1. The minimum atomic E-state index is -1.37. The molecule has 0 rings (SSSR count). The van der Waals surface area contributed by atoms with Gasteiger partial charge in [0.25, 0.3) is 0 Å². The standard InChI is InChI=1S/C11H22N2O5/c1-4-18-10(15)8(12)9(14)13-7-11(2,16)5-6-17-3/h8,16H,4-7,12H2,1-3H3,(H,13,14). The van der Waals surface area contributed by atoms with Crippen LogP contribution in [0, 0.1) is 0 Å². The summed E-state index contributed by atoms with van der Waals surface area (Å²) in [4.78, 5) is 22.7. The maximum absolute atomic E-state index is 11.5. The number of methoxy groups -OCH3 is 1. The van der Waals surface area contributed by atoms with Gasteiger partial charge >= 0.3 is 5.97 Å². The lowest BCUT2D eigenvalue weighted by Crippen LogP contribution is -2.51. The van der Waals surface area contributed by atoms with Gasteiger partial charge < -0.3 is 25.6 Å². The Morgan fingerprint density at radius 1 is 1.50 bits per heavy atom. The van der Waals surface area contributed by atoms with Gasteiger partial charge in [0.15, 0.2) is 6.04 Å². The minimum Gasteiger partial charge on any atom is -0.464 e. The first-order chi connectivity index (χ1) is 8.34. The summed E-state index contributed by atoms with van der Waals surface area (Å²) in [6.07, 6.45) is 0.360. The maximum atomic E-state index is 11.5. The van der Waals surface area contributed by atoms with Gasteiger partial charge in [-0.1, -0.05) is 0 Å². The molecule has 0 saturated heterocycles. The second-order valence-electron chi connectivity index (χ2n) is 4.19. The second kappa shape index (κ2) is 8.02. The van der Waals surface area contributed by atoms with Crippen molar-refractivity contribution in [1.82, 2.24) is 5.32 Å². The lowest BCUT2D eigenvalue weighted by molar-refractivity contribution is -0.148. The number of hydrogen-bond acceptors (Lipinski definition) is 6. The second-order valence-corrected chi connectivity index (χ2v) is 4.19. The van der Waals surface area contributed by atoms with Crippen LogP contribution in [-0.2, 0) is 19.1 Å². The molecule has 0 aromatic heterocycles. The predicted octanol–water partition coefficient (Wildman–Crippen LogP) is -1.22. The fraction of sp³-hybridized carbons (Fsp3) is 0.818. The van der Waals surface area contributed by atoms with E-state index in [0.29, 0.717) is 13.0 Å². The summed E-state index contributed by atoms with van der Waals surface area (Å²) >= 11 is 0. The largest absolute Gasteiger partial charge is 0.464 e. The average Bonchev–Trinajstić information content (AvgIpc) is 2.33. The fourth-order valence-corrected chi connectivity index (χ4v) is 1.14. The Kier molecular flexibility index (Phi) is 7.49. The quantitative estimate of drug-likeness (QED) is 0.373. The van der Waals surface area contributed by atoms with Crippen molar-refractivity contribution in [3.8, 4) is 0 Å². The fourth-order valence-electron chi connectivity index (χ4n) is 1.14. The Balaban J connectivity index is 4.12. The normalized spacial score (nSPS) is 15.6. The van der Waals surface area contributed by atoms with E-state index in [1.165, 1.54) is 7.11 Å². The molecule has 0 fully saturated rings. The van der Waals surface area contributed by atoms with Crippen molar-refractivity contribution in [2.24, 2.45) is 5.73 Å². The van der Waals surface area contributed by atoms with Crippen molar-refractivity contribution >= 4 is 11.9 Å². The molecule has 2 unspecified atom stereocenters. The van der Waals surface area contributed by atoms with Gasteiger partial charge in [0.05, 0.1) is 12.2 Å². The molecular formula is C11H22N2O5. The summed E-state index contributed by atoms with van der Waals surface area (Å²) in [6, 6.07) is -1.37. The molecule has 0 radical (unpaired) electrons. The summed E-state index contributed by atoms with van der Waals surface area (Å²) in [5, 5.41) is 12.3. The number of aliphatic hydroxyl groups is 1. The third-order valence-electron chi connectivity index (χ3n) is 2.31. The Morgan fingerprint density at radius 3 is 2.61 bits per heavy atom. The SMILES string of the molecule is CCOC(=O)C(N)C(=O)NCC(C)(O)CCOC. The van der Waals surface area contributed by atoms with E-state index < -0.39 is 23.5 Å². The molecule has 7 nitrogen and oxygen atoms in total. The molecule has 0 aromatic rings. The highest BCUT2D eigenvalue weighted by molar-refractivity contribution is 6.01. The first kappa shape index (κ1) is 16.8. The van der Waals surface area contributed by atoms with Gasteiger partial charge in [0.1, 0.15) is 0 Å². The van der Waals surface area contributed by atoms with E-state index in [-0.39, 0.29) is 13.2 Å². The lowest BCUT2D eigenvalue weighted by Gasteiger charge is -2.23. The van der Waals surface area contributed by atoms with Crippen LogP contribution in [0.5, 0.6) is 0 Å². The zero-order chi connectivity index (χ0) is 14.2. The summed E-state index contributed by atoms with van der Waals surface area (Å²) in [5.74, 6) is -1.46. The molecule has 0 aliphatic carbocycles. The van der Waals surface area contributed by atoms with E-state index >= 15 is 0 Å². The van der Waals surface area contributed by atoms with E-state index in [2.05, 4.69) is 10.1 Å². The molecule has 0 saturated carbocycles. The predicted molar refractivity (Wildman–Crippen MR) is 64.7 cm³/mol. The Labute approximate surface area is 107 Å². The highest BCUT2D eigenvalue weighted by Crippen LogP contribution is 2.07. The number of amides is 1. The maximum Gasteiger partial charge on any atom is 0.332 e. The van der Waals surface area contributed by atoms with E-state index in [9.17, 15) is 14.7 Å². The van der Waals surface area contributed by atoms with Crippen LogP contribution in [0.4, 0.5) is 0 Å². The van der Waals surface area contributed by atoms with Crippen molar-refractivity contribution in [3.05, 3.63) is 0 Å². The molecule has 0 spiro atoms. The van der Waals surface area contributed by atoms with Crippen molar-refractivity contribution in [3.63, 3.8) is 0 Å². The third kappa shape index (κ3) is 6.53. The van der Waals surface area contributed by atoms with Crippen LogP contribution < -0.4 is 11.1 Å². The number of carbonyl (C=O) groups excluding carboxylic acids is 2. The molecule has 0 aliphatic heterocycles. The molecule has 1 amide bonds. The van der Waals surface area contributed by atoms with Crippen molar-refractivity contribution in [2.45, 2.75) is 31.9 Å². The van der Waals surface area contributed by atoms with Gasteiger partial charge in [-0.15, -0.1) is 0 Å². The summed E-state index contributed by atoms with van der Waals surface area (Å²) in [6.45, 7) is 3.70. The van der Waals surface area contributed by atoms with E-state index in [4.69, 9.17) is 10.5 Å². The molecule has 0 aliphatic rings. The Hall–Kier alpha value is -1.18. The van der Waals surface area contributed by atoms with Gasteiger partial charge in [-0.2, -0.15) is 0 Å². The van der Waals surface area contributed by atoms with Crippen LogP contribution in [0.25, 0.3) is 0 Å². The van der Waals surface area contributed by atoms with Crippen molar-refractivity contribution in [2.75, 3.05) is 26.9 Å². The van der Waals surface area contributed by atoms with Gasteiger partial charge in [-0.25, -0.2) is 4.79 Å². The molecule has 106 valence electrons. The van der Waals surface area contributed by atoms with Crippen molar-refractivity contribution in [1.29, 1.82) is 0 Å². The molecule has 4 N–H and O–H groups in total. The number of rotatable bonds is 8. The van der Waals surface area contributed by atoms with Gasteiger partial charge in [-0.05, 0) is 13.8 Å². The van der Waals surface area contributed by atoms with Crippen LogP contribution in [0.1, 0.15) is 20.3 Å². The highest BCUT2D eigenvalue weighted by atomic mass is 16.5. The summed E-state index contributed by atoms with van der Waals surface area (Å²) < 4.78 is 9.44. The Bertz CT molecular complexity index is 281. The number of esters is 1. The Morgan fingerprint density at radius 2 is 2.11 bits per heavy atom. The summed E-state index contributed by atoms with van der Waals surface area (Å²) in [7, 11) is 1.52. The van der Waals surface area contributed by atoms with Crippen LogP contribution in [0.3, 0.4) is 0 Å². The summed E-state index contributed by atoms with van der Waals surface area (Å²) in [5.41, 5.74) is 4.27. The first-order valence-electron chi connectivity index (χ1n) is 5.75. The topological polar surface area (TPSA) is 111 Å². The van der Waals surface area contributed by atoms with Crippen LogP contribution in [-0.4, -0.2) is 55.5 Å². The molecule has 0 bridgehead atoms. The number of carbonyl (C=O) groups is 2. The molecule has 18 heavy (non-hydrogen) atoms. The van der Waals surface area contributed by atoms with Crippen LogP contribution in [0.2, 0.25) is 0 Å². The van der Waals surface area contributed by atoms with Crippen molar-refractivity contribution < 1.29 is 24.2 Å². The number of hydrogen-bond donors (Lipinski definition) is 3.